The van der Waals surface area contributed by atoms with Gasteiger partial charge in [0.15, 0.2) is 22.5 Å². The fraction of sp³-hybridized carbons (Fsp3) is 0.240. The molecule has 0 saturated heterocycles. The van der Waals surface area contributed by atoms with Gasteiger partial charge in [0.2, 0.25) is 5.91 Å². The number of amides is 1. The predicted octanol–water partition coefficient (Wildman–Crippen LogP) is 4.54. The minimum atomic E-state index is -0.112. The summed E-state index contributed by atoms with van der Waals surface area (Å²) >= 11 is 1.32. The van der Waals surface area contributed by atoms with Gasteiger partial charge < -0.3 is 24.1 Å². The Morgan fingerprint density at radius 3 is 2.68 bits per heavy atom. The summed E-state index contributed by atoms with van der Waals surface area (Å²) in [5.41, 5.74) is 1.54. The molecule has 4 aromatic rings. The summed E-state index contributed by atoms with van der Waals surface area (Å²) in [5, 5.41) is 14.4. The number of benzene rings is 3. The van der Waals surface area contributed by atoms with Crippen molar-refractivity contribution in [2.45, 2.75) is 11.6 Å². The van der Waals surface area contributed by atoms with E-state index in [-0.39, 0.29) is 11.7 Å². The van der Waals surface area contributed by atoms with Crippen LogP contribution in [0.5, 0.6) is 17.2 Å². The van der Waals surface area contributed by atoms with Gasteiger partial charge in [0, 0.05) is 30.6 Å². The molecule has 0 atom stereocenters. The number of nitrogens with one attached hydrogen (secondary N) is 1. The van der Waals surface area contributed by atoms with Gasteiger partial charge >= 0.3 is 0 Å². The number of rotatable bonds is 6. The first-order chi connectivity index (χ1) is 16.6. The third-order valence-corrected chi connectivity index (χ3v) is 6.56. The monoisotopic (exact) mass is 476 g/mol. The van der Waals surface area contributed by atoms with Crippen LogP contribution in [0.15, 0.2) is 59.8 Å². The Labute approximate surface area is 201 Å². The molecule has 2 heterocycles. The van der Waals surface area contributed by atoms with Gasteiger partial charge in [-0.15, -0.1) is 10.2 Å². The van der Waals surface area contributed by atoms with Crippen LogP contribution in [0, 0.1) is 0 Å². The first-order valence-corrected chi connectivity index (χ1v) is 11.9. The minimum absolute atomic E-state index is 0.112. The van der Waals surface area contributed by atoms with E-state index in [9.17, 15) is 4.79 Å². The number of hydrogen-bond acceptors (Lipinski definition) is 7. The molecule has 0 aliphatic carbocycles. The second-order valence-corrected chi connectivity index (χ2v) is 8.72. The van der Waals surface area contributed by atoms with E-state index < -0.39 is 0 Å². The van der Waals surface area contributed by atoms with E-state index in [2.05, 4.69) is 15.5 Å². The molecule has 34 heavy (non-hydrogen) atoms. The van der Waals surface area contributed by atoms with E-state index >= 15 is 0 Å². The Balaban J connectivity index is 1.33. The zero-order chi connectivity index (χ0) is 23.5. The van der Waals surface area contributed by atoms with Gasteiger partial charge in [-0.3, -0.25) is 4.79 Å². The first-order valence-electron chi connectivity index (χ1n) is 10.9. The molecule has 1 aliphatic heterocycles. The van der Waals surface area contributed by atoms with Gasteiger partial charge in [0.05, 0.1) is 31.6 Å². The molecule has 0 bridgehead atoms. The molecule has 8 nitrogen and oxygen atoms in total. The van der Waals surface area contributed by atoms with Crippen molar-refractivity contribution in [3.8, 4) is 28.6 Å². The maximum absolute atomic E-state index is 12.7. The number of hydrogen-bond donors (Lipinski definition) is 1. The number of methoxy groups -OCH3 is 1. The van der Waals surface area contributed by atoms with Crippen LogP contribution in [0.2, 0.25) is 0 Å². The van der Waals surface area contributed by atoms with Crippen molar-refractivity contribution >= 4 is 34.1 Å². The van der Waals surface area contributed by atoms with Gasteiger partial charge in [0.25, 0.3) is 0 Å². The Morgan fingerprint density at radius 2 is 1.85 bits per heavy atom. The van der Waals surface area contributed by atoms with Gasteiger partial charge in [-0.1, -0.05) is 48.2 Å². The van der Waals surface area contributed by atoms with Gasteiger partial charge in [-0.25, -0.2) is 0 Å². The standard InChI is InChI=1S/C25H24N4O4S/c1-29-24(18-13-21-22(14-20(18)31-2)33-12-6-11-32-21)27-28-25(29)34-15-23(30)26-19-10-5-8-16-7-3-4-9-17(16)19/h3-5,7-10,13-14H,6,11-12,15H2,1-2H3,(H,26,30). The molecule has 1 N–H and O–H groups in total. The quantitative estimate of drug-likeness (QED) is 0.409. The topological polar surface area (TPSA) is 87.5 Å². The number of carbonyl (C=O) groups excluding carboxylic acids is 1. The highest BCUT2D eigenvalue weighted by Gasteiger charge is 2.21. The highest BCUT2D eigenvalue weighted by Crippen LogP contribution is 2.41. The molecule has 3 aromatic carbocycles. The lowest BCUT2D eigenvalue weighted by molar-refractivity contribution is -0.113. The van der Waals surface area contributed by atoms with Gasteiger partial charge in [0.1, 0.15) is 5.75 Å². The number of carbonyl (C=O) groups is 1. The average Bonchev–Trinajstić information content (AvgIpc) is 3.07. The zero-order valence-electron chi connectivity index (χ0n) is 18.9. The molecule has 9 heteroatoms. The van der Waals surface area contributed by atoms with Crippen LogP contribution in [-0.2, 0) is 11.8 Å². The maximum Gasteiger partial charge on any atom is 0.234 e. The highest BCUT2D eigenvalue weighted by molar-refractivity contribution is 7.99. The molecule has 1 aromatic heterocycles. The Bertz CT molecular complexity index is 1350. The van der Waals surface area contributed by atoms with Crippen molar-refractivity contribution < 1.29 is 19.0 Å². The molecule has 174 valence electrons. The molecular weight excluding hydrogens is 452 g/mol. The second-order valence-electron chi connectivity index (χ2n) is 7.78. The smallest absolute Gasteiger partial charge is 0.234 e. The molecule has 0 radical (unpaired) electrons. The molecule has 0 fully saturated rings. The summed E-state index contributed by atoms with van der Waals surface area (Å²) in [4.78, 5) is 12.7. The Kier molecular flexibility index (Phi) is 6.27. The summed E-state index contributed by atoms with van der Waals surface area (Å²) in [6.45, 7) is 1.19. The zero-order valence-corrected chi connectivity index (χ0v) is 19.7. The normalized spacial score (nSPS) is 12.9. The van der Waals surface area contributed by atoms with Crippen molar-refractivity contribution in [1.82, 2.24) is 14.8 Å². The number of ether oxygens (including phenoxy) is 3. The van der Waals surface area contributed by atoms with Crippen molar-refractivity contribution in [2.75, 3.05) is 31.4 Å². The van der Waals surface area contributed by atoms with Crippen molar-refractivity contribution in [3.63, 3.8) is 0 Å². The van der Waals surface area contributed by atoms with E-state index in [0.29, 0.717) is 41.4 Å². The number of aromatic nitrogens is 3. The van der Waals surface area contributed by atoms with Crippen molar-refractivity contribution in [3.05, 3.63) is 54.6 Å². The number of nitrogens with zero attached hydrogens (tertiary/aromatic N) is 3. The summed E-state index contributed by atoms with van der Waals surface area (Å²) in [7, 11) is 3.47. The Morgan fingerprint density at radius 1 is 1.09 bits per heavy atom. The van der Waals surface area contributed by atoms with E-state index in [1.54, 1.807) is 7.11 Å². The lowest BCUT2D eigenvalue weighted by Gasteiger charge is -2.13. The summed E-state index contributed by atoms with van der Waals surface area (Å²) in [6, 6.07) is 17.5. The first kappa shape index (κ1) is 22.1. The summed E-state index contributed by atoms with van der Waals surface area (Å²) in [5.74, 6) is 2.63. The predicted molar refractivity (Wildman–Crippen MR) is 132 cm³/mol. The molecule has 1 aliphatic rings. The van der Waals surface area contributed by atoms with E-state index in [1.165, 1.54) is 11.8 Å². The second kappa shape index (κ2) is 9.64. The van der Waals surface area contributed by atoms with Gasteiger partial charge in [-0.2, -0.15) is 0 Å². The minimum Gasteiger partial charge on any atom is -0.496 e. The maximum atomic E-state index is 12.7. The van der Waals surface area contributed by atoms with E-state index in [1.807, 2.05) is 66.2 Å². The third kappa shape index (κ3) is 4.38. The number of thioether (sulfide) groups is 1. The van der Waals surface area contributed by atoms with Crippen LogP contribution in [0.4, 0.5) is 5.69 Å². The van der Waals surface area contributed by atoms with E-state index in [4.69, 9.17) is 14.2 Å². The molecule has 0 saturated carbocycles. The molecule has 5 rings (SSSR count). The van der Waals surface area contributed by atoms with Crippen molar-refractivity contribution in [2.24, 2.45) is 7.05 Å². The van der Waals surface area contributed by atoms with E-state index in [0.717, 1.165) is 28.4 Å². The van der Waals surface area contributed by atoms with Crippen LogP contribution in [0.1, 0.15) is 6.42 Å². The average molecular weight is 477 g/mol. The summed E-state index contributed by atoms with van der Waals surface area (Å²) < 4.78 is 19.0. The highest BCUT2D eigenvalue weighted by atomic mass is 32.2. The molecule has 0 spiro atoms. The lowest BCUT2D eigenvalue weighted by Crippen LogP contribution is -2.14. The molecular formula is C25H24N4O4S. The van der Waals surface area contributed by atoms with Gasteiger partial charge in [-0.05, 0) is 17.5 Å². The number of fused-ring (bicyclic) bond motifs is 2. The molecule has 0 unspecified atom stereocenters. The van der Waals surface area contributed by atoms with Crippen LogP contribution in [0.25, 0.3) is 22.2 Å². The van der Waals surface area contributed by atoms with Crippen LogP contribution in [0.3, 0.4) is 0 Å². The van der Waals surface area contributed by atoms with Crippen LogP contribution >= 0.6 is 11.8 Å². The molecule has 1 amide bonds. The SMILES string of the molecule is COc1cc2c(cc1-c1nnc(SCC(=O)Nc3cccc4ccccc34)n1C)OCCCO2. The Hall–Kier alpha value is -3.72. The summed E-state index contributed by atoms with van der Waals surface area (Å²) in [6.07, 6.45) is 0.817. The van der Waals surface area contributed by atoms with Crippen molar-refractivity contribution in [1.29, 1.82) is 0 Å². The fourth-order valence-electron chi connectivity index (χ4n) is 3.86. The lowest BCUT2D eigenvalue weighted by atomic mass is 10.1. The third-order valence-electron chi connectivity index (χ3n) is 5.54. The number of anilines is 1. The largest absolute Gasteiger partial charge is 0.496 e. The van der Waals surface area contributed by atoms with Crippen LogP contribution < -0.4 is 19.5 Å². The fourth-order valence-corrected chi connectivity index (χ4v) is 4.57. The van der Waals surface area contributed by atoms with Crippen LogP contribution in [-0.4, -0.2) is 46.7 Å².